The van der Waals surface area contributed by atoms with E-state index in [-0.39, 0.29) is 12.5 Å². The number of carboxylic acid groups (broad SMARTS) is 1. The molecule has 5 heteroatoms. The predicted molar refractivity (Wildman–Crippen MR) is 73.8 cm³/mol. The third kappa shape index (κ3) is 3.10. The fourth-order valence-electron chi connectivity index (χ4n) is 2.35. The molecule has 20 heavy (non-hydrogen) atoms. The van der Waals surface area contributed by atoms with E-state index in [4.69, 9.17) is 9.84 Å². The SMILES string of the molecule is Cc1ccc(OCC(=O)N2CCCC2C(=O)O)cc1C. The van der Waals surface area contributed by atoms with Gasteiger partial charge >= 0.3 is 5.97 Å². The Kier molecular flexibility index (Phi) is 4.27. The number of benzene rings is 1. The number of rotatable bonds is 4. The van der Waals surface area contributed by atoms with Crippen LogP contribution in [0.3, 0.4) is 0 Å². The van der Waals surface area contributed by atoms with Gasteiger partial charge in [-0.05, 0) is 49.9 Å². The Morgan fingerprint density at radius 2 is 2.10 bits per heavy atom. The van der Waals surface area contributed by atoms with Crippen LogP contribution in [0.25, 0.3) is 0 Å². The monoisotopic (exact) mass is 277 g/mol. The van der Waals surface area contributed by atoms with Crippen molar-refractivity contribution in [1.82, 2.24) is 4.90 Å². The molecule has 1 aliphatic rings. The van der Waals surface area contributed by atoms with Gasteiger partial charge in [0.2, 0.25) is 0 Å². The van der Waals surface area contributed by atoms with E-state index in [0.717, 1.165) is 17.5 Å². The van der Waals surface area contributed by atoms with Gasteiger partial charge in [-0.2, -0.15) is 0 Å². The van der Waals surface area contributed by atoms with Crippen LogP contribution in [0.4, 0.5) is 0 Å². The van der Waals surface area contributed by atoms with E-state index < -0.39 is 12.0 Å². The molecule has 0 aliphatic carbocycles. The van der Waals surface area contributed by atoms with Crippen LogP contribution >= 0.6 is 0 Å². The quantitative estimate of drug-likeness (QED) is 0.910. The summed E-state index contributed by atoms with van der Waals surface area (Å²) in [6.07, 6.45) is 1.25. The highest BCUT2D eigenvalue weighted by Crippen LogP contribution is 2.19. The summed E-state index contributed by atoms with van der Waals surface area (Å²) in [4.78, 5) is 24.5. The maximum Gasteiger partial charge on any atom is 0.326 e. The number of likely N-dealkylation sites (tertiary alicyclic amines) is 1. The molecular weight excluding hydrogens is 258 g/mol. The lowest BCUT2D eigenvalue weighted by Gasteiger charge is -2.21. The molecule has 0 aromatic heterocycles. The smallest absolute Gasteiger partial charge is 0.326 e. The van der Waals surface area contributed by atoms with Gasteiger partial charge in [0, 0.05) is 6.54 Å². The Balaban J connectivity index is 1.94. The zero-order valence-corrected chi connectivity index (χ0v) is 11.8. The molecule has 1 N–H and O–H groups in total. The lowest BCUT2D eigenvalue weighted by atomic mass is 10.1. The van der Waals surface area contributed by atoms with E-state index in [0.29, 0.717) is 18.7 Å². The van der Waals surface area contributed by atoms with E-state index in [1.807, 2.05) is 32.0 Å². The Hall–Kier alpha value is -2.04. The average Bonchev–Trinajstić information content (AvgIpc) is 2.89. The molecule has 1 saturated heterocycles. The van der Waals surface area contributed by atoms with E-state index in [2.05, 4.69) is 0 Å². The van der Waals surface area contributed by atoms with Gasteiger partial charge in [0.05, 0.1) is 0 Å². The van der Waals surface area contributed by atoms with Crippen LogP contribution in [0.15, 0.2) is 18.2 Å². The fraction of sp³-hybridized carbons (Fsp3) is 0.467. The van der Waals surface area contributed by atoms with Crippen molar-refractivity contribution in [2.45, 2.75) is 32.7 Å². The van der Waals surface area contributed by atoms with Crippen LogP contribution in [0.5, 0.6) is 5.75 Å². The summed E-state index contributed by atoms with van der Waals surface area (Å²) in [5.41, 5.74) is 2.26. The van der Waals surface area contributed by atoms with Gasteiger partial charge < -0.3 is 14.7 Å². The molecule has 1 aromatic carbocycles. The van der Waals surface area contributed by atoms with Crippen molar-refractivity contribution < 1.29 is 19.4 Å². The van der Waals surface area contributed by atoms with Crippen LogP contribution < -0.4 is 4.74 Å². The highest BCUT2D eigenvalue weighted by atomic mass is 16.5. The van der Waals surface area contributed by atoms with Gasteiger partial charge in [0.1, 0.15) is 11.8 Å². The Morgan fingerprint density at radius 3 is 2.75 bits per heavy atom. The second-order valence-corrected chi connectivity index (χ2v) is 5.12. The number of hydrogen-bond donors (Lipinski definition) is 1. The molecule has 0 saturated carbocycles. The maximum atomic E-state index is 12.0. The van der Waals surface area contributed by atoms with Crippen molar-refractivity contribution in [3.05, 3.63) is 29.3 Å². The van der Waals surface area contributed by atoms with Crippen molar-refractivity contribution >= 4 is 11.9 Å². The van der Waals surface area contributed by atoms with Crippen molar-refractivity contribution in [1.29, 1.82) is 0 Å². The summed E-state index contributed by atoms with van der Waals surface area (Å²) in [6.45, 7) is 4.36. The summed E-state index contributed by atoms with van der Waals surface area (Å²) in [5.74, 6) is -0.581. The van der Waals surface area contributed by atoms with Crippen LogP contribution in [0, 0.1) is 13.8 Å². The Morgan fingerprint density at radius 1 is 1.35 bits per heavy atom. The average molecular weight is 277 g/mol. The molecule has 1 unspecified atom stereocenters. The molecule has 0 bridgehead atoms. The molecule has 0 radical (unpaired) electrons. The van der Waals surface area contributed by atoms with Crippen LogP contribution in [-0.4, -0.2) is 41.1 Å². The van der Waals surface area contributed by atoms with Gasteiger partial charge in [-0.3, -0.25) is 4.79 Å². The molecule has 1 heterocycles. The highest BCUT2D eigenvalue weighted by Gasteiger charge is 2.33. The molecule has 5 nitrogen and oxygen atoms in total. The summed E-state index contributed by atoms with van der Waals surface area (Å²) in [6, 6.07) is 4.92. The third-order valence-electron chi connectivity index (χ3n) is 3.70. The number of aryl methyl sites for hydroxylation is 2. The minimum Gasteiger partial charge on any atom is -0.484 e. The maximum absolute atomic E-state index is 12.0. The van der Waals surface area contributed by atoms with Crippen molar-refractivity contribution in [2.24, 2.45) is 0 Å². The highest BCUT2D eigenvalue weighted by molar-refractivity contribution is 5.85. The zero-order chi connectivity index (χ0) is 14.7. The second kappa shape index (κ2) is 5.94. The molecule has 1 amide bonds. The topological polar surface area (TPSA) is 66.8 Å². The number of aliphatic carboxylic acids is 1. The Labute approximate surface area is 118 Å². The van der Waals surface area contributed by atoms with Gasteiger partial charge in [-0.25, -0.2) is 4.79 Å². The molecule has 1 atom stereocenters. The lowest BCUT2D eigenvalue weighted by Crippen LogP contribution is -2.42. The minimum absolute atomic E-state index is 0.119. The van der Waals surface area contributed by atoms with E-state index in [9.17, 15) is 9.59 Å². The molecular formula is C15H19NO4. The molecule has 1 aromatic rings. The number of carbonyl (C=O) groups is 2. The third-order valence-corrected chi connectivity index (χ3v) is 3.70. The van der Waals surface area contributed by atoms with Gasteiger partial charge in [0.15, 0.2) is 6.61 Å². The van der Waals surface area contributed by atoms with Gasteiger partial charge in [-0.15, -0.1) is 0 Å². The van der Waals surface area contributed by atoms with Gasteiger partial charge in [-0.1, -0.05) is 6.07 Å². The Bertz CT molecular complexity index is 527. The first-order chi connectivity index (χ1) is 9.49. The number of carboxylic acids is 1. The molecule has 1 fully saturated rings. The lowest BCUT2D eigenvalue weighted by molar-refractivity contribution is -0.148. The number of nitrogens with zero attached hydrogens (tertiary/aromatic N) is 1. The first kappa shape index (κ1) is 14.4. The molecule has 1 aliphatic heterocycles. The van der Waals surface area contributed by atoms with E-state index in [1.165, 1.54) is 4.90 Å². The summed E-state index contributed by atoms with van der Waals surface area (Å²) in [5, 5.41) is 9.05. The first-order valence-electron chi connectivity index (χ1n) is 6.71. The first-order valence-corrected chi connectivity index (χ1v) is 6.71. The summed E-state index contributed by atoms with van der Waals surface area (Å²) in [7, 11) is 0. The molecule has 2 rings (SSSR count). The second-order valence-electron chi connectivity index (χ2n) is 5.12. The summed E-state index contributed by atoms with van der Waals surface area (Å²) >= 11 is 0. The van der Waals surface area contributed by atoms with Crippen molar-refractivity contribution in [2.75, 3.05) is 13.2 Å². The normalized spacial score (nSPS) is 18.1. The number of ether oxygens (including phenoxy) is 1. The van der Waals surface area contributed by atoms with Crippen LogP contribution in [-0.2, 0) is 9.59 Å². The number of amides is 1. The standard InChI is InChI=1S/C15H19NO4/c1-10-5-6-12(8-11(10)2)20-9-14(17)16-7-3-4-13(16)15(18)19/h5-6,8,13H,3-4,7,9H2,1-2H3,(H,18,19). The van der Waals surface area contributed by atoms with Crippen molar-refractivity contribution in [3.63, 3.8) is 0 Å². The molecule has 0 spiro atoms. The summed E-state index contributed by atoms with van der Waals surface area (Å²) < 4.78 is 5.46. The van der Waals surface area contributed by atoms with Crippen LogP contribution in [0.2, 0.25) is 0 Å². The predicted octanol–water partition coefficient (Wildman–Crippen LogP) is 1.76. The van der Waals surface area contributed by atoms with E-state index in [1.54, 1.807) is 0 Å². The largest absolute Gasteiger partial charge is 0.484 e. The van der Waals surface area contributed by atoms with E-state index >= 15 is 0 Å². The number of hydrogen-bond acceptors (Lipinski definition) is 3. The number of carbonyl (C=O) groups excluding carboxylic acids is 1. The molecule has 108 valence electrons. The fourth-order valence-corrected chi connectivity index (χ4v) is 2.35. The van der Waals surface area contributed by atoms with Crippen LogP contribution in [0.1, 0.15) is 24.0 Å². The zero-order valence-electron chi connectivity index (χ0n) is 11.8. The minimum atomic E-state index is -0.943. The van der Waals surface area contributed by atoms with Gasteiger partial charge in [0.25, 0.3) is 5.91 Å². The van der Waals surface area contributed by atoms with Crippen molar-refractivity contribution in [3.8, 4) is 5.75 Å².